The average Bonchev–Trinajstić information content (AvgIpc) is 2.63. The lowest BCUT2D eigenvalue weighted by Crippen LogP contribution is -2.47. The van der Waals surface area contributed by atoms with Gasteiger partial charge in [-0.3, -0.25) is 9.59 Å². The number of benzene rings is 1. The van der Waals surface area contributed by atoms with Gasteiger partial charge in [0.15, 0.2) is 0 Å². The first-order chi connectivity index (χ1) is 12.8. The van der Waals surface area contributed by atoms with E-state index in [4.69, 9.17) is 4.74 Å². The second-order valence-electron chi connectivity index (χ2n) is 6.69. The lowest BCUT2D eigenvalue weighted by molar-refractivity contribution is -0.138. The standard InChI is InChI=1S/C19H26BrN3O4/c1-4-27-19(26)23-9-5-6-14(11-23)18(25)22(3)12-17(24)21-16-8-7-15(20)10-13(16)2/h7-8,10,14H,4-6,9,11-12H2,1-3H3,(H,21,24). The van der Waals surface area contributed by atoms with E-state index in [9.17, 15) is 14.4 Å². The molecule has 1 aromatic rings. The monoisotopic (exact) mass is 439 g/mol. The zero-order valence-electron chi connectivity index (χ0n) is 16.0. The fraction of sp³-hybridized carbons (Fsp3) is 0.526. The van der Waals surface area contributed by atoms with Crippen molar-refractivity contribution < 1.29 is 19.1 Å². The zero-order valence-corrected chi connectivity index (χ0v) is 17.5. The van der Waals surface area contributed by atoms with Crippen LogP contribution in [0.15, 0.2) is 22.7 Å². The molecule has 1 heterocycles. The number of nitrogens with one attached hydrogen (secondary N) is 1. The van der Waals surface area contributed by atoms with Crippen LogP contribution < -0.4 is 5.32 Å². The van der Waals surface area contributed by atoms with E-state index in [1.807, 2.05) is 25.1 Å². The summed E-state index contributed by atoms with van der Waals surface area (Å²) in [6.45, 7) is 4.85. The van der Waals surface area contributed by atoms with E-state index in [2.05, 4.69) is 21.2 Å². The van der Waals surface area contributed by atoms with E-state index in [1.54, 1.807) is 18.9 Å². The van der Waals surface area contributed by atoms with Crippen LogP contribution in [0.25, 0.3) is 0 Å². The van der Waals surface area contributed by atoms with Crippen LogP contribution in [-0.2, 0) is 14.3 Å². The number of piperidine rings is 1. The summed E-state index contributed by atoms with van der Waals surface area (Å²) in [7, 11) is 1.61. The van der Waals surface area contributed by atoms with Gasteiger partial charge >= 0.3 is 6.09 Å². The summed E-state index contributed by atoms with van der Waals surface area (Å²) >= 11 is 3.39. The first kappa shape index (κ1) is 21.2. The highest BCUT2D eigenvalue weighted by Gasteiger charge is 2.31. The number of aryl methyl sites for hydroxylation is 1. The third-order valence-electron chi connectivity index (χ3n) is 4.52. The molecule has 0 aliphatic carbocycles. The Morgan fingerprint density at radius 2 is 2.11 bits per heavy atom. The van der Waals surface area contributed by atoms with Crippen molar-refractivity contribution in [1.82, 2.24) is 9.80 Å². The number of amides is 3. The predicted octanol–water partition coefficient (Wildman–Crippen LogP) is 3.02. The smallest absolute Gasteiger partial charge is 0.409 e. The van der Waals surface area contributed by atoms with Crippen molar-refractivity contribution in [3.8, 4) is 0 Å². The Morgan fingerprint density at radius 1 is 1.37 bits per heavy atom. The van der Waals surface area contributed by atoms with Crippen molar-refractivity contribution in [2.24, 2.45) is 5.92 Å². The fourth-order valence-corrected chi connectivity index (χ4v) is 3.60. The van der Waals surface area contributed by atoms with Crippen molar-refractivity contribution in [2.45, 2.75) is 26.7 Å². The molecule has 0 saturated carbocycles. The number of likely N-dealkylation sites (N-methyl/N-ethyl adjacent to an activating group) is 1. The summed E-state index contributed by atoms with van der Waals surface area (Å²) in [6.07, 6.45) is 1.06. The van der Waals surface area contributed by atoms with Crippen LogP contribution in [0.1, 0.15) is 25.3 Å². The van der Waals surface area contributed by atoms with Crippen LogP contribution in [0.4, 0.5) is 10.5 Å². The minimum Gasteiger partial charge on any atom is -0.450 e. The van der Waals surface area contributed by atoms with Gasteiger partial charge in [-0.1, -0.05) is 15.9 Å². The van der Waals surface area contributed by atoms with Crippen LogP contribution >= 0.6 is 15.9 Å². The van der Waals surface area contributed by atoms with Crippen molar-refractivity contribution in [1.29, 1.82) is 0 Å². The number of hydrogen-bond acceptors (Lipinski definition) is 4. The maximum atomic E-state index is 12.7. The quantitative estimate of drug-likeness (QED) is 0.764. The van der Waals surface area contributed by atoms with Crippen molar-refractivity contribution in [3.05, 3.63) is 28.2 Å². The van der Waals surface area contributed by atoms with Gasteiger partial charge in [0, 0.05) is 30.3 Å². The van der Waals surface area contributed by atoms with Crippen LogP contribution in [0.2, 0.25) is 0 Å². The Labute approximate surface area is 168 Å². The first-order valence-electron chi connectivity index (χ1n) is 9.04. The number of anilines is 1. The second kappa shape index (κ2) is 9.73. The molecule has 1 N–H and O–H groups in total. The Balaban J connectivity index is 1.90. The van der Waals surface area contributed by atoms with E-state index in [0.717, 1.165) is 22.1 Å². The van der Waals surface area contributed by atoms with Crippen molar-refractivity contribution in [3.63, 3.8) is 0 Å². The third kappa shape index (κ3) is 5.95. The zero-order chi connectivity index (χ0) is 20.0. The van der Waals surface area contributed by atoms with Crippen LogP contribution in [-0.4, -0.2) is 61.0 Å². The molecule has 27 heavy (non-hydrogen) atoms. The van der Waals surface area contributed by atoms with Gasteiger partial charge < -0.3 is 19.9 Å². The van der Waals surface area contributed by atoms with Crippen molar-refractivity contribution in [2.75, 3.05) is 38.6 Å². The van der Waals surface area contributed by atoms with Crippen LogP contribution in [0.5, 0.6) is 0 Å². The molecule has 0 aromatic heterocycles. The van der Waals surface area contributed by atoms with Crippen LogP contribution in [0, 0.1) is 12.8 Å². The molecule has 1 atom stereocenters. The molecule has 0 spiro atoms. The maximum absolute atomic E-state index is 12.7. The number of hydrogen-bond donors (Lipinski definition) is 1. The third-order valence-corrected chi connectivity index (χ3v) is 5.01. The molecule has 0 radical (unpaired) electrons. The minimum absolute atomic E-state index is 0.0375. The van der Waals surface area contributed by atoms with Gasteiger partial charge in [-0.25, -0.2) is 4.79 Å². The molecule has 1 aromatic carbocycles. The molecule has 3 amide bonds. The van der Waals surface area contributed by atoms with Crippen molar-refractivity contribution >= 4 is 39.5 Å². The van der Waals surface area contributed by atoms with Crippen LogP contribution in [0.3, 0.4) is 0 Å². The fourth-order valence-electron chi connectivity index (χ4n) is 3.12. The number of carbonyl (C=O) groups is 3. The molecule has 148 valence electrons. The number of likely N-dealkylation sites (tertiary alicyclic amines) is 1. The largest absolute Gasteiger partial charge is 0.450 e. The summed E-state index contributed by atoms with van der Waals surface area (Å²) in [6, 6.07) is 5.58. The molecule has 7 nitrogen and oxygen atoms in total. The van der Waals surface area contributed by atoms with E-state index in [-0.39, 0.29) is 30.4 Å². The number of nitrogens with zero attached hydrogens (tertiary/aromatic N) is 2. The molecule has 1 fully saturated rings. The second-order valence-corrected chi connectivity index (χ2v) is 7.60. The normalized spacial score (nSPS) is 16.6. The predicted molar refractivity (Wildman–Crippen MR) is 106 cm³/mol. The Bertz CT molecular complexity index is 710. The van der Waals surface area contributed by atoms with E-state index >= 15 is 0 Å². The molecule has 2 rings (SSSR count). The summed E-state index contributed by atoms with van der Waals surface area (Å²) in [5.74, 6) is -0.698. The SMILES string of the molecule is CCOC(=O)N1CCCC(C(=O)N(C)CC(=O)Nc2ccc(Br)cc2C)C1. The Morgan fingerprint density at radius 3 is 2.78 bits per heavy atom. The molecular weight excluding hydrogens is 414 g/mol. The first-order valence-corrected chi connectivity index (χ1v) is 9.83. The Hall–Kier alpha value is -2.09. The molecule has 1 saturated heterocycles. The van der Waals surface area contributed by atoms with Gasteiger partial charge in [-0.05, 0) is 50.5 Å². The van der Waals surface area contributed by atoms with Gasteiger partial charge in [0.05, 0.1) is 19.1 Å². The number of ether oxygens (including phenoxy) is 1. The van der Waals surface area contributed by atoms with Gasteiger partial charge in [-0.2, -0.15) is 0 Å². The van der Waals surface area contributed by atoms with Gasteiger partial charge in [0.2, 0.25) is 11.8 Å². The minimum atomic E-state index is -0.388. The Kier molecular flexibility index (Phi) is 7.65. The topological polar surface area (TPSA) is 79.0 Å². The van der Waals surface area contributed by atoms with E-state index < -0.39 is 0 Å². The molecule has 1 aliphatic rings. The average molecular weight is 440 g/mol. The highest BCUT2D eigenvalue weighted by Crippen LogP contribution is 2.21. The van der Waals surface area contributed by atoms with E-state index in [1.165, 1.54) is 4.90 Å². The summed E-state index contributed by atoms with van der Waals surface area (Å²) < 4.78 is 5.95. The van der Waals surface area contributed by atoms with E-state index in [0.29, 0.717) is 26.1 Å². The number of rotatable bonds is 5. The highest BCUT2D eigenvalue weighted by atomic mass is 79.9. The number of halogens is 1. The summed E-state index contributed by atoms with van der Waals surface area (Å²) in [4.78, 5) is 39.9. The molecule has 0 bridgehead atoms. The highest BCUT2D eigenvalue weighted by molar-refractivity contribution is 9.10. The summed E-state index contributed by atoms with van der Waals surface area (Å²) in [5.41, 5.74) is 1.65. The molecule has 8 heteroatoms. The molecular formula is C19H26BrN3O4. The maximum Gasteiger partial charge on any atom is 0.409 e. The lowest BCUT2D eigenvalue weighted by Gasteiger charge is -2.33. The van der Waals surface area contributed by atoms with Gasteiger partial charge in [-0.15, -0.1) is 0 Å². The lowest BCUT2D eigenvalue weighted by atomic mass is 9.97. The number of carbonyl (C=O) groups excluding carboxylic acids is 3. The van der Waals surface area contributed by atoms with Gasteiger partial charge in [0.1, 0.15) is 0 Å². The van der Waals surface area contributed by atoms with Gasteiger partial charge in [0.25, 0.3) is 0 Å². The molecule has 1 aliphatic heterocycles. The molecule has 1 unspecified atom stereocenters. The summed E-state index contributed by atoms with van der Waals surface area (Å²) in [5, 5.41) is 2.83.